The van der Waals surface area contributed by atoms with Gasteiger partial charge in [0.25, 0.3) is 0 Å². The molecule has 0 spiro atoms. The minimum absolute atomic E-state index is 0.275. The third kappa shape index (κ3) is 3.03. The summed E-state index contributed by atoms with van der Waals surface area (Å²) < 4.78 is 14.8. The molecule has 1 saturated heterocycles. The van der Waals surface area contributed by atoms with Gasteiger partial charge in [-0.25, -0.2) is 4.98 Å². The number of aromatic nitrogens is 2. The smallest absolute Gasteiger partial charge is 0.151 e. The van der Waals surface area contributed by atoms with Crippen molar-refractivity contribution >= 4 is 15.9 Å². The average molecular weight is 378 g/mol. The molecule has 2 aliphatic rings. The highest BCUT2D eigenvalue weighted by atomic mass is 79.9. The van der Waals surface area contributed by atoms with E-state index in [0.29, 0.717) is 6.61 Å². The summed E-state index contributed by atoms with van der Waals surface area (Å²) in [5, 5.41) is 0. The normalized spacial score (nSPS) is 24.0. The molecule has 6 heteroatoms. The molecule has 1 aromatic carbocycles. The van der Waals surface area contributed by atoms with Gasteiger partial charge in [0.1, 0.15) is 12.4 Å². The molecule has 0 amide bonds. The van der Waals surface area contributed by atoms with Gasteiger partial charge >= 0.3 is 0 Å². The molecule has 0 saturated carbocycles. The summed E-state index contributed by atoms with van der Waals surface area (Å²) in [4.78, 5) is 7.17. The van der Waals surface area contributed by atoms with Gasteiger partial charge in [0.05, 0.1) is 23.6 Å². The standard InChI is InChI=1S/C17H20BrN3O2/c1-11-6-20(7-12(2)23-11)8-14-9-21-15-4-3-13(18)5-16(15)22-10-17(21)19-14/h3-5,9,11-12H,6-8,10H2,1-2H3. The van der Waals surface area contributed by atoms with E-state index in [0.717, 1.165) is 47.1 Å². The SMILES string of the molecule is CC1CN(Cc2cn3c(n2)COc2cc(Br)ccc2-3)CC(C)O1. The number of morpholine rings is 1. The number of imidazole rings is 1. The van der Waals surface area contributed by atoms with Crippen molar-refractivity contribution in [3.8, 4) is 11.4 Å². The molecule has 3 heterocycles. The minimum Gasteiger partial charge on any atom is -0.483 e. The maximum absolute atomic E-state index is 5.82. The summed E-state index contributed by atoms with van der Waals surface area (Å²) in [5.41, 5.74) is 2.14. The molecule has 0 bridgehead atoms. The number of rotatable bonds is 2. The molecule has 2 unspecified atom stereocenters. The summed E-state index contributed by atoms with van der Waals surface area (Å²) >= 11 is 3.49. The summed E-state index contributed by atoms with van der Waals surface area (Å²) in [7, 11) is 0. The summed E-state index contributed by atoms with van der Waals surface area (Å²) in [6.45, 7) is 7.52. The van der Waals surface area contributed by atoms with Crippen molar-refractivity contribution in [3.63, 3.8) is 0 Å². The van der Waals surface area contributed by atoms with Crippen LogP contribution in [0.3, 0.4) is 0 Å². The first-order valence-electron chi connectivity index (χ1n) is 7.96. The lowest BCUT2D eigenvalue weighted by atomic mass is 10.2. The molecule has 4 rings (SSSR count). The lowest BCUT2D eigenvalue weighted by molar-refractivity contribution is -0.0707. The number of fused-ring (bicyclic) bond motifs is 3. The molecule has 0 aliphatic carbocycles. The van der Waals surface area contributed by atoms with Crippen LogP contribution in [0, 0.1) is 0 Å². The van der Waals surface area contributed by atoms with Crippen molar-refractivity contribution in [1.29, 1.82) is 0 Å². The van der Waals surface area contributed by atoms with E-state index in [4.69, 9.17) is 14.5 Å². The Balaban J connectivity index is 1.58. The van der Waals surface area contributed by atoms with Crippen LogP contribution in [0.4, 0.5) is 0 Å². The largest absolute Gasteiger partial charge is 0.483 e. The van der Waals surface area contributed by atoms with Crippen LogP contribution in [0.15, 0.2) is 28.9 Å². The molecule has 2 aromatic rings. The fraction of sp³-hybridized carbons (Fsp3) is 0.471. The van der Waals surface area contributed by atoms with E-state index in [1.165, 1.54) is 0 Å². The topological polar surface area (TPSA) is 39.5 Å². The highest BCUT2D eigenvalue weighted by Crippen LogP contribution is 2.32. The van der Waals surface area contributed by atoms with Gasteiger partial charge in [-0.2, -0.15) is 0 Å². The first-order valence-corrected chi connectivity index (χ1v) is 8.75. The average Bonchev–Trinajstić information content (AvgIpc) is 2.88. The molecule has 1 fully saturated rings. The van der Waals surface area contributed by atoms with Crippen molar-refractivity contribution in [3.05, 3.63) is 40.4 Å². The molecule has 0 radical (unpaired) electrons. The van der Waals surface area contributed by atoms with Crippen LogP contribution < -0.4 is 4.74 Å². The van der Waals surface area contributed by atoms with E-state index in [9.17, 15) is 0 Å². The Labute approximate surface area is 144 Å². The second-order valence-corrected chi connectivity index (χ2v) is 7.29. The van der Waals surface area contributed by atoms with Crippen molar-refractivity contribution in [2.45, 2.75) is 39.2 Å². The van der Waals surface area contributed by atoms with E-state index in [2.05, 4.69) is 51.5 Å². The first kappa shape index (κ1) is 15.2. The number of benzene rings is 1. The van der Waals surface area contributed by atoms with Crippen LogP contribution in [-0.2, 0) is 17.9 Å². The lowest BCUT2D eigenvalue weighted by Gasteiger charge is -2.34. The molecule has 5 nitrogen and oxygen atoms in total. The number of nitrogens with zero attached hydrogens (tertiary/aromatic N) is 3. The second-order valence-electron chi connectivity index (χ2n) is 6.37. The summed E-state index contributed by atoms with van der Waals surface area (Å²) in [5.74, 6) is 1.86. The predicted molar refractivity (Wildman–Crippen MR) is 90.9 cm³/mol. The van der Waals surface area contributed by atoms with E-state index < -0.39 is 0 Å². The maximum Gasteiger partial charge on any atom is 0.151 e. The lowest BCUT2D eigenvalue weighted by Crippen LogP contribution is -2.44. The third-order valence-electron chi connectivity index (χ3n) is 4.25. The van der Waals surface area contributed by atoms with Gasteiger partial charge in [0.15, 0.2) is 5.82 Å². The molecule has 23 heavy (non-hydrogen) atoms. The van der Waals surface area contributed by atoms with E-state index in [1.807, 2.05) is 12.1 Å². The van der Waals surface area contributed by atoms with Crippen LogP contribution in [0.2, 0.25) is 0 Å². The van der Waals surface area contributed by atoms with Crippen molar-refractivity contribution in [2.75, 3.05) is 13.1 Å². The zero-order valence-corrected chi connectivity index (χ0v) is 14.9. The second kappa shape index (κ2) is 5.92. The zero-order chi connectivity index (χ0) is 16.0. The van der Waals surface area contributed by atoms with Crippen LogP contribution in [0.25, 0.3) is 5.69 Å². The molecule has 2 atom stereocenters. The Morgan fingerprint density at radius 3 is 2.83 bits per heavy atom. The zero-order valence-electron chi connectivity index (χ0n) is 13.3. The van der Waals surface area contributed by atoms with Gasteiger partial charge in [-0.3, -0.25) is 9.47 Å². The molecule has 122 valence electrons. The Morgan fingerprint density at radius 2 is 2.04 bits per heavy atom. The van der Waals surface area contributed by atoms with Gasteiger partial charge in [0, 0.05) is 30.3 Å². The third-order valence-corrected chi connectivity index (χ3v) is 4.74. The van der Waals surface area contributed by atoms with Crippen molar-refractivity contribution in [1.82, 2.24) is 14.5 Å². The fourth-order valence-electron chi connectivity index (χ4n) is 3.45. The quantitative estimate of drug-likeness (QED) is 0.805. The number of ether oxygens (including phenoxy) is 2. The fourth-order valence-corrected chi connectivity index (χ4v) is 3.79. The van der Waals surface area contributed by atoms with Crippen molar-refractivity contribution < 1.29 is 9.47 Å². The van der Waals surface area contributed by atoms with Crippen molar-refractivity contribution in [2.24, 2.45) is 0 Å². The molecular weight excluding hydrogens is 358 g/mol. The van der Waals surface area contributed by atoms with Gasteiger partial charge in [0.2, 0.25) is 0 Å². The van der Waals surface area contributed by atoms with Crippen LogP contribution in [0.5, 0.6) is 5.75 Å². The highest BCUT2D eigenvalue weighted by molar-refractivity contribution is 9.10. The highest BCUT2D eigenvalue weighted by Gasteiger charge is 2.24. The van der Waals surface area contributed by atoms with E-state index in [-0.39, 0.29) is 12.2 Å². The monoisotopic (exact) mass is 377 g/mol. The van der Waals surface area contributed by atoms with Crippen LogP contribution >= 0.6 is 15.9 Å². The van der Waals surface area contributed by atoms with Gasteiger partial charge < -0.3 is 9.47 Å². The first-order chi connectivity index (χ1) is 11.1. The van der Waals surface area contributed by atoms with Gasteiger partial charge in [-0.15, -0.1) is 0 Å². The molecule has 2 aliphatic heterocycles. The summed E-state index contributed by atoms with van der Waals surface area (Å²) in [6, 6.07) is 6.10. The number of hydrogen-bond donors (Lipinski definition) is 0. The minimum atomic E-state index is 0.275. The van der Waals surface area contributed by atoms with E-state index >= 15 is 0 Å². The Morgan fingerprint density at radius 1 is 1.26 bits per heavy atom. The van der Waals surface area contributed by atoms with Gasteiger partial charge in [-0.05, 0) is 32.0 Å². The maximum atomic E-state index is 5.82. The number of hydrogen-bond acceptors (Lipinski definition) is 4. The van der Waals surface area contributed by atoms with Crippen LogP contribution in [0.1, 0.15) is 25.4 Å². The van der Waals surface area contributed by atoms with Gasteiger partial charge in [-0.1, -0.05) is 15.9 Å². The predicted octanol–water partition coefficient (Wildman–Crippen LogP) is 3.14. The summed E-state index contributed by atoms with van der Waals surface area (Å²) in [6.07, 6.45) is 2.69. The molecular formula is C17H20BrN3O2. The number of halogens is 1. The Hall–Kier alpha value is -1.37. The Bertz CT molecular complexity index is 721. The van der Waals surface area contributed by atoms with Crippen LogP contribution in [-0.4, -0.2) is 39.7 Å². The molecule has 0 N–H and O–H groups in total. The van der Waals surface area contributed by atoms with E-state index in [1.54, 1.807) is 0 Å². The Kier molecular flexibility index (Phi) is 3.91. The molecule has 1 aromatic heterocycles.